The molecule has 3 fully saturated rings. The van der Waals surface area contributed by atoms with Crippen molar-refractivity contribution in [1.29, 1.82) is 0 Å². The Morgan fingerprint density at radius 3 is 2.29 bits per heavy atom. The number of amides is 1. The number of cyclic esters (lactones) is 1. The Morgan fingerprint density at radius 2 is 1.65 bits per heavy atom. The summed E-state index contributed by atoms with van der Waals surface area (Å²) in [7, 11) is 7.06. The van der Waals surface area contributed by atoms with E-state index in [4.69, 9.17) is 37.9 Å². The van der Waals surface area contributed by atoms with Gasteiger partial charge in [0.25, 0.3) is 0 Å². The normalized spacial score (nSPS) is 38.2. The lowest BCUT2D eigenvalue weighted by Crippen LogP contribution is -2.61. The smallest absolute Gasteiger partial charge is 0.407 e. The van der Waals surface area contributed by atoms with Crippen LogP contribution in [0.3, 0.4) is 0 Å². The molecule has 0 radical (unpaired) electrons. The van der Waals surface area contributed by atoms with Crippen molar-refractivity contribution >= 4 is 28.9 Å². The molecule has 4 aliphatic heterocycles. The molecule has 21 heteroatoms. The fourth-order valence-electron chi connectivity index (χ4n) is 12.8. The van der Waals surface area contributed by atoms with Gasteiger partial charge in [-0.25, -0.2) is 9.59 Å². The van der Waals surface area contributed by atoms with Crippen molar-refractivity contribution in [1.82, 2.24) is 19.7 Å². The fourth-order valence-corrected chi connectivity index (χ4v) is 12.8. The minimum Gasteiger partial charge on any atom is -0.477 e. The molecule has 21 nitrogen and oxygen atoms in total. The number of hydrogen-bond acceptors (Lipinski definition) is 18. The Kier molecular flexibility index (Phi) is 21.7. The highest BCUT2D eigenvalue weighted by molar-refractivity contribution is 5.94. The van der Waals surface area contributed by atoms with E-state index in [0.29, 0.717) is 37.8 Å². The molecule has 2 unspecified atom stereocenters. The van der Waals surface area contributed by atoms with Gasteiger partial charge in [-0.2, -0.15) is 0 Å². The maximum atomic E-state index is 14.6. The molecule has 448 valence electrons. The third-order valence-corrected chi connectivity index (χ3v) is 17.5. The van der Waals surface area contributed by atoms with Gasteiger partial charge in [0.2, 0.25) is 5.43 Å². The van der Waals surface area contributed by atoms with E-state index in [0.717, 1.165) is 29.5 Å². The SMILES string of the molecule is CC[C@H]1OC(=O)[C@H](C)[C@@H](O[C@H]2C[C@@](C)(OC)[C@@H](OC(=O)NCCOCCCc3cc4c5c(c3)c(=O)c(C(=O)O)cn5C(C)CC4)[C@H](C)O2)[C@H](C)[C@@H](OC2O[C@H](C)C[C@H](N(C)C)[C@H]2O)[C@](C)(O)C[C@@H](C)CN(C)[C@H](C)[C@@H](O)[C@]1(C)O. The van der Waals surface area contributed by atoms with E-state index in [9.17, 15) is 44.7 Å². The van der Waals surface area contributed by atoms with Crippen LogP contribution >= 0.6 is 0 Å². The molecule has 19 atom stereocenters. The number of aryl methyl sites for hydroxylation is 2. The number of aromatic nitrogens is 1. The second kappa shape index (κ2) is 26.6. The molecular weight excluding hydrogens is 1020 g/mol. The summed E-state index contributed by atoms with van der Waals surface area (Å²) >= 11 is 0. The number of esters is 1. The van der Waals surface area contributed by atoms with Crippen molar-refractivity contribution < 1.29 is 77.8 Å². The summed E-state index contributed by atoms with van der Waals surface area (Å²) in [4.78, 5) is 57.0. The van der Waals surface area contributed by atoms with Crippen LogP contribution in [0.1, 0.15) is 142 Å². The fraction of sp³-hybridized carbons (Fsp3) is 0.793. The maximum absolute atomic E-state index is 14.6. The molecule has 6 rings (SSSR count). The molecular formula is C58H94N4O17. The molecule has 2 aromatic rings. The number of aliphatic hydroxyl groups is 4. The number of nitrogens with one attached hydrogen (secondary N) is 1. The average molecular weight is 1120 g/mol. The van der Waals surface area contributed by atoms with Gasteiger partial charge in [-0.05, 0) is 145 Å². The molecule has 5 heterocycles. The largest absolute Gasteiger partial charge is 0.477 e. The number of benzene rings is 1. The van der Waals surface area contributed by atoms with Gasteiger partial charge in [0.05, 0.1) is 48.1 Å². The number of nitrogens with zero attached hydrogens (tertiary/aromatic N) is 3. The predicted octanol–water partition coefficient (Wildman–Crippen LogP) is 4.80. The second-order valence-electron chi connectivity index (χ2n) is 24.3. The molecule has 79 heavy (non-hydrogen) atoms. The third-order valence-electron chi connectivity index (χ3n) is 17.5. The highest BCUT2D eigenvalue weighted by Gasteiger charge is 2.54. The van der Waals surface area contributed by atoms with Crippen molar-refractivity contribution in [3.05, 3.63) is 45.2 Å². The number of carbonyl (C=O) groups excluding carboxylic acids is 2. The summed E-state index contributed by atoms with van der Waals surface area (Å²) in [5.41, 5.74) is -2.69. The maximum Gasteiger partial charge on any atom is 0.407 e. The molecule has 0 aliphatic carbocycles. The summed E-state index contributed by atoms with van der Waals surface area (Å²) in [5, 5.41) is 61.0. The van der Waals surface area contributed by atoms with Gasteiger partial charge in [0, 0.05) is 68.9 Å². The van der Waals surface area contributed by atoms with Crippen LogP contribution in [0.15, 0.2) is 23.1 Å². The highest BCUT2D eigenvalue weighted by Crippen LogP contribution is 2.41. The zero-order valence-corrected chi connectivity index (χ0v) is 49.4. The first-order valence-corrected chi connectivity index (χ1v) is 28.5. The Bertz CT molecular complexity index is 2450. The lowest BCUT2D eigenvalue weighted by Gasteiger charge is -2.49. The highest BCUT2D eigenvalue weighted by atomic mass is 16.7. The van der Waals surface area contributed by atoms with E-state index >= 15 is 0 Å². The number of pyridine rings is 1. The van der Waals surface area contributed by atoms with E-state index in [-0.39, 0.29) is 62.1 Å². The third kappa shape index (κ3) is 14.7. The monoisotopic (exact) mass is 1120 g/mol. The molecule has 0 saturated carbocycles. The summed E-state index contributed by atoms with van der Waals surface area (Å²) in [6.07, 6.45) is -5.69. The second-order valence-corrected chi connectivity index (χ2v) is 24.3. The summed E-state index contributed by atoms with van der Waals surface area (Å²) < 4.78 is 52.5. The summed E-state index contributed by atoms with van der Waals surface area (Å²) in [6, 6.07) is 3.03. The number of carboxylic acid groups (broad SMARTS) is 1. The van der Waals surface area contributed by atoms with Gasteiger partial charge in [-0.1, -0.05) is 26.8 Å². The van der Waals surface area contributed by atoms with Crippen molar-refractivity contribution in [2.24, 2.45) is 17.8 Å². The minimum absolute atomic E-state index is 0.0166. The molecule has 4 aliphatic rings. The molecule has 0 spiro atoms. The number of hydrogen-bond donors (Lipinski definition) is 6. The average Bonchev–Trinajstić information content (AvgIpc) is 3.56. The van der Waals surface area contributed by atoms with E-state index < -0.39 is 113 Å². The predicted molar refractivity (Wildman–Crippen MR) is 294 cm³/mol. The van der Waals surface area contributed by atoms with E-state index in [1.165, 1.54) is 20.2 Å². The zero-order chi connectivity index (χ0) is 58.6. The number of likely N-dealkylation sites (N-methyl/N-ethyl adjacent to an activating group) is 2. The van der Waals surface area contributed by atoms with Crippen LogP contribution in [0.25, 0.3) is 10.9 Å². The van der Waals surface area contributed by atoms with E-state index in [2.05, 4.69) is 11.4 Å². The molecule has 1 aromatic carbocycles. The van der Waals surface area contributed by atoms with Gasteiger partial charge in [-0.3, -0.25) is 9.59 Å². The Balaban J connectivity index is 1.15. The molecule has 3 saturated heterocycles. The van der Waals surface area contributed by atoms with Gasteiger partial charge >= 0.3 is 18.0 Å². The van der Waals surface area contributed by atoms with Gasteiger partial charge in [0.15, 0.2) is 18.7 Å². The number of aromatic carboxylic acids is 1. The Hall–Kier alpha value is -3.84. The van der Waals surface area contributed by atoms with Crippen LogP contribution in [-0.2, 0) is 55.5 Å². The van der Waals surface area contributed by atoms with Gasteiger partial charge in [0.1, 0.15) is 35.1 Å². The van der Waals surface area contributed by atoms with Crippen molar-refractivity contribution in [2.45, 2.75) is 224 Å². The lowest BCUT2D eigenvalue weighted by molar-refractivity contribution is -0.317. The number of ether oxygens (including phenoxy) is 8. The first kappa shape index (κ1) is 64.3. The van der Waals surface area contributed by atoms with Crippen LogP contribution in [-0.4, -0.2) is 203 Å². The van der Waals surface area contributed by atoms with Crippen LogP contribution in [0, 0.1) is 17.8 Å². The zero-order valence-electron chi connectivity index (χ0n) is 49.4. The topological polar surface area (TPSA) is 267 Å². The Labute approximate surface area is 466 Å². The van der Waals surface area contributed by atoms with E-state index in [1.54, 1.807) is 54.5 Å². The first-order chi connectivity index (χ1) is 37.0. The minimum atomic E-state index is -1.87. The number of methoxy groups -OCH3 is 1. The lowest BCUT2D eigenvalue weighted by atomic mass is 9.77. The number of alkyl carbamates (subject to hydrolysis) is 1. The summed E-state index contributed by atoms with van der Waals surface area (Å²) in [6.45, 7) is 20.5. The number of aliphatic hydroxyl groups excluding tert-OH is 2. The molecule has 0 bridgehead atoms. The van der Waals surface area contributed by atoms with Gasteiger partial charge < -0.3 is 83.1 Å². The quantitative estimate of drug-likeness (QED) is 0.0973. The first-order valence-electron chi connectivity index (χ1n) is 28.5. The number of rotatable bonds is 16. The van der Waals surface area contributed by atoms with Crippen molar-refractivity contribution in [3.8, 4) is 0 Å². The molecule has 1 aromatic heterocycles. The standard InChI is InChI=1S/C58H94N4O17/c1-16-43-58(11,71)49(65)36(7)61(14)29-31(2)27-56(9,70)50(78-54-47(64)42(60(12)13)24-33(4)74-54)34(5)48(35(6)53(68)76-43)77-44-28-57(10,72-15)51(37(8)75-44)79-55(69)59-21-23-73-22-17-18-38-25-39-20-19-32(3)62-30-41(52(66)67)46(63)40(26-38)45(39)62/h25-26,30-37,42-44,47-51,54,64-65,70-71H,16-24,27-29H2,1-15H3,(H,59,69)(H,66,67)/t31-,32?,33-,34+,35-,36-,37+,42+,43-,44+,47-,48+,49-,50-,51+,54?,56-,57-,58-/m1/s1. The van der Waals surface area contributed by atoms with Crippen molar-refractivity contribution in [2.75, 3.05) is 54.6 Å². The van der Waals surface area contributed by atoms with Crippen molar-refractivity contribution in [3.63, 3.8) is 0 Å². The van der Waals surface area contributed by atoms with Crippen LogP contribution < -0.4 is 10.7 Å². The molecule has 6 N–H and O–H groups in total. The van der Waals surface area contributed by atoms with E-state index in [1.807, 2.05) is 56.3 Å². The number of carbonyl (C=O) groups is 3. The van der Waals surface area contributed by atoms with Crippen LogP contribution in [0.2, 0.25) is 0 Å². The number of carboxylic acids is 1. The summed E-state index contributed by atoms with van der Waals surface area (Å²) in [5.74, 6) is -4.15. The van der Waals surface area contributed by atoms with Crippen LogP contribution in [0.5, 0.6) is 0 Å². The Morgan fingerprint density at radius 1 is 0.949 bits per heavy atom. The molecule has 1 amide bonds. The van der Waals surface area contributed by atoms with Gasteiger partial charge in [-0.15, -0.1) is 0 Å². The van der Waals surface area contributed by atoms with Crippen LogP contribution in [0.4, 0.5) is 4.79 Å².